The summed E-state index contributed by atoms with van der Waals surface area (Å²) in [5.74, 6) is -0.829. The number of fused-ring (bicyclic) bond motifs is 1. The molecule has 0 unspecified atom stereocenters. The van der Waals surface area contributed by atoms with Gasteiger partial charge in [0.1, 0.15) is 11.4 Å². The normalized spacial score (nSPS) is 10.5. The van der Waals surface area contributed by atoms with E-state index in [1.54, 1.807) is 18.2 Å². The Morgan fingerprint density at radius 2 is 2.22 bits per heavy atom. The molecule has 0 spiro atoms. The molecule has 0 fully saturated rings. The van der Waals surface area contributed by atoms with Crippen molar-refractivity contribution in [3.05, 3.63) is 40.3 Å². The van der Waals surface area contributed by atoms with Crippen molar-refractivity contribution in [2.45, 2.75) is 0 Å². The standard InChI is InChI=1S/C12H11NO5/c1-17-6-18-9-4-2-3-7-5-8(12(15)16)13-11(14)10(7)9/h2-5H,6H2,1H3,(H,13,14)(H,15,16). The van der Waals surface area contributed by atoms with E-state index in [9.17, 15) is 9.59 Å². The van der Waals surface area contributed by atoms with Crippen LogP contribution in [0.5, 0.6) is 5.75 Å². The number of hydrogen-bond donors (Lipinski definition) is 2. The third-order valence-corrected chi connectivity index (χ3v) is 2.40. The van der Waals surface area contributed by atoms with Crippen molar-refractivity contribution in [3.8, 4) is 5.75 Å². The summed E-state index contributed by atoms with van der Waals surface area (Å²) < 4.78 is 10.0. The summed E-state index contributed by atoms with van der Waals surface area (Å²) in [6.45, 7) is 0.0131. The molecule has 2 aromatic rings. The van der Waals surface area contributed by atoms with E-state index in [-0.39, 0.29) is 12.5 Å². The van der Waals surface area contributed by atoms with E-state index >= 15 is 0 Å². The molecule has 1 heterocycles. The van der Waals surface area contributed by atoms with Crippen molar-refractivity contribution in [1.29, 1.82) is 0 Å². The highest BCUT2D eigenvalue weighted by Crippen LogP contribution is 2.22. The zero-order valence-corrected chi connectivity index (χ0v) is 9.60. The van der Waals surface area contributed by atoms with Crippen LogP contribution in [0.3, 0.4) is 0 Å². The molecule has 1 aromatic carbocycles. The van der Waals surface area contributed by atoms with Gasteiger partial charge in [-0.25, -0.2) is 4.79 Å². The van der Waals surface area contributed by atoms with E-state index in [2.05, 4.69) is 4.98 Å². The first-order valence-corrected chi connectivity index (χ1v) is 5.14. The highest BCUT2D eigenvalue weighted by Gasteiger charge is 2.11. The third-order valence-electron chi connectivity index (χ3n) is 2.40. The van der Waals surface area contributed by atoms with Crippen molar-refractivity contribution < 1.29 is 19.4 Å². The molecule has 0 aliphatic heterocycles. The zero-order valence-electron chi connectivity index (χ0n) is 9.60. The topological polar surface area (TPSA) is 88.6 Å². The first-order chi connectivity index (χ1) is 8.63. The average molecular weight is 249 g/mol. The maximum absolute atomic E-state index is 11.8. The number of aromatic amines is 1. The predicted molar refractivity (Wildman–Crippen MR) is 64.0 cm³/mol. The number of carboxylic acid groups (broad SMARTS) is 1. The fraction of sp³-hybridized carbons (Fsp3) is 0.167. The first-order valence-electron chi connectivity index (χ1n) is 5.14. The van der Waals surface area contributed by atoms with E-state index in [0.29, 0.717) is 16.5 Å². The molecule has 0 bridgehead atoms. The number of methoxy groups -OCH3 is 1. The second kappa shape index (κ2) is 4.89. The number of hydrogen-bond acceptors (Lipinski definition) is 4. The van der Waals surface area contributed by atoms with Gasteiger partial charge in [0.2, 0.25) is 0 Å². The van der Waals surface area contributed by atoms with Gasteiger partial charge in [-0.2, -0.15) is 0 Å². The number of aromatic nitrogens is 1. The van der Waals surface area contributed by atoms with Crippen LogP contribution in [0, 0.1) is 0 Å². The second-order valence-corrected chi connectivity index (χ2v) is 3.59. The molecule has 1 aromatic heterocycles. The van der Waals surface area contributed by atoms with Crippen LogP contribution in [-0.2, 0) is 4.74 Å². The van der Waals surface area contributed by atoms with Gasteiger partial charge in [0.05, 0.1) is 5.39 Å². The molecule has 94 valence electrons. The molecule has 18 heavy (non-hydrogen) atoms. The van der Waals surface area contributed by atoms with E-state index in [4.69, 9.17) is 14.6 Å². The van der Waals surface area contributed by atoms with E-state index in [1.165, 1.54) is 13.2 Å². The number of carbonyl (C=O) groups is 1. The van der Waals surface area contributed by atoms with Crippen LogP contribution >= 0.6 is 0 Å². The van der Waals surface area contributed by atoms with Gasteiger partial charge in [-0.1, -0.05) is 12.1 Å². The SMILES string of the molecule is COCOc1cccc2cc(C(=O)O)[nH]c(=O)c12. The molecule has 0 aliphatic carbocycles. The number of nitrogens with one attached hydrogen (secondary N) is 1. The van der Waals surface area contributed by atoms with Gasteiger partial charge in [-0.15, -0.1) is 0 Å². The summed E-state index contributed by atoms with van der Waals surface area (Å²) in [7, 11) is 1.47. The Morgan fingerprint density at radius 3 is 2.89 bits per heavy atom. The third kappa shape index (κ3) is 2.18. The molecule has 0 saturated heterocycles. The van der Waals surface area contributed by atoms with Gasteiger partial charge in [-0.3, -0.25) is 4.79 Å². The summed E-state index contributed by atoms with van der Waals surface area (Å²) in [4.78, 5) is 25.0. The van der Waals surface area contributed by atoms with E-state index in [0.717, 1.165) is 0 Å². The van der Waals surface area contributed by atoms with E-state index in [1.807, 2.05) is 0 Å². The van der Waals surface area contributed by atoms with E-state index < -0.39 is 11.5 Å². The molecule has 0 amide bonds. The number of pyridine rings is 1. The maximum atomic E-state index is 11.8. The number of ether oxygens (including phenoxy) is 2. The lowest BCUT2D eigenvalue weighted by Gasteiger charge is -2.07. The summed E-state index contributed by atoms with van der Waals surface area (Å²) >= 11 is 0. The lowest BCUT2D eigenvalue weighted by atomic mass is 10.1. The number of H-pyrrole nitrogens is 1. The molecule has 0 saturated carbocycles. The Hall–Kier alpha value is -2.34. The van der Waals surface area contributed by atoms with Crippen molar-refractivity contribution in [2.24, 2.45) is 0 Å². The summed E-state index contributed by atoms with van der Waals surface area (Å²) in [5, 5.41) is 9.67. The smallest absolute Gasteiger partial charge is 0.352 e. The molecular weight excluding hydrogens is 238 g/mol. The van der Waals surface area contributed by atoms with Gasteiger partial charge in [0, 0.05) is 7.11 Å². The van der Waals surface area contributed by atoms with Crippen LogP contribution in [0.25, 0.3) is 10.8 Å². The molecule has 0 atom stereocenters. The quantitative estimate of drug-likeness (QED) is 0.795. The van der Waals surface area contributed by atoms with Crippen LogP contribution in [0.1, 0.15) is 10.5 Å². The number of rotatable bonds is 4. The lowest BCUT2D eigenvalue weighted by Crippen LogP contribution is -2.14. The summed E-state index contributed by atoms with van der Waals surface area (Å²) in [6, 6.07) is 6.34. The zero-order chi connectivity index (χ0) is 13.1. The Labute approximate surface area is 102 Å². The first kappa shape index (κ1) is 12.1. The minimum atomic E-state index is -1.18. The fourth-order valence-corrected chi connectivity index (χ4v) is 1.65. The minimum absolute atomic E-state index is 0.0131. The van der Waals surface area contributed by atoms with Crippen LogP contribution in [-0.4, -0.2) is 30.0 Å². The van der Waals surface area contributed by atoms with Gasteiger partial charge >= 0.3 is 5.97 Å². The fourth-order valence-electron chi connectivity index (χ4n) is 1.65. The van der Waals surface area contributed by atoms with Crippen LogP contribution in [0.15, 0.2) is 29.1 Å². The van der Waals surface area contributed by atoms with Crippen LogP contribution in [0.4, 0.5) is 0 Å². The van der Waals surface area contributed by atoms with Crippen LogP contribution < -0.4 is 10.3 Å². The van der Waals surface area contributed by atoms with Gasteiger partial charge < -0.3 is 19.6 Å². The molecule has 6 nitrogen and oxygen atoms in total. The van der Waals surface area contributed by atoms with Gasteiger partial charge in [0.15, 0.2) is 6.79 Å². The Bertz CT molecular complexity index is 646. The minimum Gasteiger partial charge on any atom is -0.477 e. The number of aromatic carboxylic acids is 1. The van der Waals surface area contributed by atoms with Crippen molar-refractivity contribution in [1.82, 2.24) is 4.98 Å². The molecular formula is C12H11NO5. The van der Waals surface area contributed by atoms with Crippen LogP contribution in [0.2, 0.25) is 0 Å². The molecule has 2 rings (SSSR count). The molecule has 0 aliphatic rings. The second-order valence-electron chi connectivity index (χ2n) is 3.59. The van der Waals surface area contributed by atoms with Gasteiger partial charge in [-0.05, 0) is 17.5 Å². The molecule has 2 N–H and O–H groups in total. The Morgan fingerprint density at radius 1 is 1.44 bits per heavy atom. The Balaban J connectivity index is 2.63. The predicted octanol–water partition coefficient (Wildman–Crippen LogP) is 1.21. The molecule has 0 radical (unpaired) electrons. The lowest BCUT2D eigenvalue weighted by molar-refractivity contribution is 0.0521. The number of benzene rings is 1. The largest absolute Gasteiger partial charge is 0.477 e. The van der Waals surface area contributed by atoms with Gasteiger partial charge in [0.25, 0.3) is 5.56 Å². The molecule has 6 heteroatoms. The summed E-state index contributed by atoms with van der Waals surface area (Å²) in [5.41, 5.74) is -0.659. The summed E-state index contributed by atoms with van der Waals surface area (Å²) in [6.07, 6.45) is 0. The Kier molecular flexibility index (Phi) is 3.29. The number of carboxylic acids is 1. The van der Waals surface area contributed by atoms with Crippen molar-refractivity contribution in [2.75, 3.05) is 13.9 Å². The van der Waals surface area contributed by atoms with Crippen molar-refractivity contribution >= 4 is 16.7 Å². The highest BCUT2D eigenvalue weighted by atomic mass is 16.7. The average Bonchev–Trinajstić information content (AvgIpc) is 2.35. The monoisotopic (exact) mass is 249 g/mol. The van der Waals surface area contributed by atoms with Crippen molar-refractivity contribution in [3.63, 3.8) is 0 Å². The highest BCUT2D eigenvalue weighted by molar-refractivity contribution is 5.94. The maximum Gasteiger partial charge on any atom is 0.352 e.